The number of rotatable bonds is 3. The van der Waals surface area contributed by atoms with Crippen LogP contribution in [0.25, 0.3) is 0 Å². The van der Waals surface area contributed by atoms with Crippen molar-refractivity contribution in [1.29, 1.82) is 0 Å². The Morgan fingerprint density at radius 3 is 2.38 bits per heavy atom. The standard InChI is InChI=1S/C7H8O6/c8-4(9)3-7(6(11)12)2-1-5(10)13-7/h1-3H2,(H,8,9)(H,11,12). The number of cyclic esters (lactones) is 1. The molecule has 1 fully saturated rings. The summed E-state index contributed by atoms with van der Waals surface area (Å²) in [4.78, 5) is 31.6. The quantitative estimate of drug-likeness (QED) is 0.585. The van der Waals surface area contributed by atoms with Gasteiger partial charge in [-0.3, -0.25) is 9.59 Å². The highest BCUT2D eigenvalue weighted by Gasteiger charge is 2.49. The zero-order valence-corrected chi connectivity index (χ0v) is 6.65. The van der Waals surface area contributed by atoms with E-state index in [2.05, 4.69) is 4.74 Å². The molecule has 0 aliphatic carbocycles. The Bertz CT molecular complexity index is 270. The lowest BCUT2D eigenvalue weighted by Crippen LogP contribution is -2.40. The molecule has 0 bridgehead atoms. The highest BCUT2D eigenvalue weighted by Crippen LogP contribution is 2.30. The molecule has 6 nitrogen and oxygen atoms in total. The molecule has 1 heterocycles. The summed E-state index contributed by atoms with van der Waals surface area (Å²) in [6.07, 6.45) is -0.804. The summed E-state index contributed by atoms with van der Waals surface area (Å²) < 4.78 is 4.50. The van der Waals surface area contributed by atoms with Crippen molar-refractivity contribution in [1.82, 2.24) is 0 Å². The molecule has 0 aromatic heterocycles. The molecule has 1 aliphatic heterocycles. The van der Waals surface area contributed by atoms with Gasteiger partial charge in [0.15, 0.2) is 0 Å². The number of carbonyl (C=O) groups is 3. The van der Waals surface area contributed by atoms with Gasteiger partial charge in [-0.05, 0) is 0 Å². The Balaban J connectivity index is 2.83. The summed E-state index contributed by atoms with van der Waals surface area (Å²) >= 11 is 0. The Labute approximate surface area is 73.1 Å². The Kier molecular flexibility index (Phi) is 2.22. The lowest BCUT2D eigenvalue weighted by Gasteiger charge is -2.19. The summed E-state index contributed by atoms with van der Waals surface area (Å²) in [5.74, 6) is -3.36. The summed E-state index contributed by atoms with van der Waals surface area (Å²) in [6.45, 7) is 0. The van der Waals surface area contributed by atoms with E-state index >= 15 is 0 Å². The lowest BCUT2D eigenvalue weighted by atomic mass is 9.96. The maximum Gasteiger partial charge on any atom is 0.348 e. The van der Waals surface area contributed by atoms with Crippen LogP contribution in [0.1, 0.15) is 19.3 Å². The van der Waals surface area contributed by atoms with Crippen LogP contribution in [0.3, 0.4) is 0 Å². The number of esters is 1. The van der Waals surface area contributed by atoms with E-state index in [4.69, 9.17) is 10.2 Å². The van der Waals surface area contributed by atoms with Crippen LogP contribution in [0, 0.1) is 0 Å². The molecule has 0 spiro atoms. The van der Waals surface area contributed by atoms with Crippen molar-refractivity contribution in [2.45, 2.75) is 24.9 Å². The fraction of sp³-hybridized carbons (Fsp3) is 0.571. The number of hydrogen-bond donors (Lipinski definition) is 2. The zero-order chi connectivity index (χ0) is 10.1. The largest absolute Gasteiger partial charge is 0.481 e. The highest BCUT2D eigenvalue weighted by molar-refractivity contribution is 5.89. The van der Waals surface area contributed by atoms with Crippen LogP contribution in [-0.4, -0.2) is 33.7 Å². The number of carboxylic acid groups (broad SMARTS) is 2. The van der Waals surface area contributed by atoms with Crippen LogP contribution in [-0.2, 0) is 19.1 Å². The van der Waals surface area contributed by atoms with Crippen LogP contribution < -0.4 is 0 Å². The van der Waals surface area contributed by atoms with E-state index < -0.39 is 29.9 Å². The van der Waals surface area contributed by atoms with Gasteiger partial charge in [0.05, 0.1) is 6.42 Å². The van der Waals surface area contributed by atoms with Gasteiger partial charge in [-0.25, -0.2) is 4.79 Å². The lowest BCUT2D eigenvalue weighted by molar-refractivity contribution is -0.173. The van der Waals surface area contributed by atoms with Gasteiger partial charge in [0, 0.05) is 12.8 Å². The Morgan fingerprint density at radius 1 is 1.46 bits per heavy atom. The van der Waals surface area contributed by atoms with E-state index in [1.807, 2.05) is 0 Å². The van der Waals surface area contributed by atoms with E-state index in [0.29, 0.717) is 0 Å². The van der Waals surface area contributed by atoms with E-state index in [9.17, 15) is 14.4 Å². The maximum atomic E-state index is 10.7. The van der Waals surface area contributed by atoms with Gasteiger partial charge >= 0.3 is 17.9 Å². The monoisotopic (exact) mass is 188 g/mol. The molecule has 2 N–H and O–H groups in total. The van der Waals surface area contributed by atoms with Crippen molar-refractivity contribution in [2.75, 3.05) is 0 Å². The van der Waals surface area contributed by atoms with Gasteiger partial charge in [-0.1, -0.05) is 0 Å². The van der Waals surface area contributed by atoms with Gasteiger partial charge in [-0.15, -0.1) is 0 Å². The average molecular weight is 188 g/mol. The number of carboxylic acids is 2. The number of aliphatic carboxylic acids is 2. The molecule has 13 heavy (non-hydrogen) atoms. The molecule has 0 radical (unpaired) electrons. The third-order valence-corrected chi connectivity index (χ3v) is 1.87. The van der Waals surface area contributed by atoms with Crippen molar-refractivity contribution < 1.29 is 29.3 Å². The third-order valence-electron chi connectivity index (χ3n) is 1.87. The summed E-state index contributed by atoms with van der Waals surface area (Å²) in [6, 6.07) is 0. The van der Waals surface area contributed by atoms with Crippen LogP contribution in [0.15, 0.2) is 0 Å². The molecule has 0 aromatic rings. The molecule has 72 valence electrons. The minimum absolute atomic E-state index is 0.0421. The van der Waals surface area contributed by atoms with Gasteiger partial charge in [0.1, 0.15) is 0 Å². The maximum absolute atomic E-state index is 10.7. The minimum atomic E-state index is -1.84. The molecule has 0 amide bonds. The van der Waals surface area contributed by atoms with Crippen molar-refractivity contribution in [3.05, 3.63) is 0 Å². The topological polar surface area (TPSA) is 101 Å². The normalized spacial score (nSPS) is 26.9. The van der Waals surface area contributed by atoms with Crippen molar-refractivity contribution in [3.63, 3.8) is 0 Å². The summed E-state index contributed by atoms with van der Waals surface area (Å²) in [5, 5.41) is 17.1. The van der Waals surface area contributed by atoms with E-state index in [1.54, 1.807) is 0 Å². The van der Waals surface area contributed by atoms with Crippen LogP contribution in [0.2, 0.25) is 0 Å². The fourth-order valence-corrected chi connectivity index (χ4v) is 1.22. The minimum Gasteiger partial charge on any atom is -0.481 e. The Hall–Kier alpha value is -1.59. The molecule has 6 heteroatoms. The van der Waals surface area contributed by atoms with Gasteiger partial charge in [0.2, 0.25) is 5.60 Å². The third kappa shape index (κ3) is 1.77. The molecular weight excluding hydrogens is 180 g/mol. The first-order chi connectivity index (χ1) is 5.96. The highest BCUT2D eigenvalue weighted by atomic mass is 16.6. The molecule has 1 saturated heterocycles. The molecule has 1 atom stereocenters. The molecular formula is C7H8O6. The second-order valence-corrected chi connectivity index (χ2v) is 2.84. The molecule has 1 unspecified atom stereocenters. The molecule has 1 rings (SSSR count). The van der Waals surface area contributed by atoms with Crippen molar-refractivity contribution >= 4 is 17.9 Å². The number of carbonyl (C=O) groups excluding carboxylic acids is 1. The number of ether oxygens (including phenoxy) is 1. The molecule has 1 aliphatic rings. The van der Waals surface area contributed by atoms with E-state index in [0.717, 1.165) is 0 Å². The van der Waals surface area contributed by atoms with Crippen LogP contribution in [0.4, 0.5) is 0 Å². The SMILES string of the molecule is O=C(O)CC1(C(=O)O)CCC(=O)O1. The Morgan fingerprint density at radius 2 is 2.08 bits per heavy atom. The first-order valence-electron chi connectivity index (χ1n) is 3.63. The fourth-order valence-electron chi connectivity index (χ4n) is 1.22. The smallest absolute Gasteiger partial charge is 0.348 e. The second-order valence-electron chi connectivity index (χ2n) is 2.84. The molecule has 0 saturated carbocycles. The first-order valence-corrected chi connectivity index (χ1v) is 3.63. The van der Waals surface area contributed by atoms with Gasteiger partial charge in [-0.2, -0.15) is 0 Å². The predicted octanol–water partition coefficient (Wildman–Crippen LogP) is -0.379. The number of hydrogen-bond acceptors (Lipinski definition) is 4. The zero-order valence-electron chi connectivity index (χ0n) is 6.65. The van der Waals surface area contributed by atoms with Gasteiger partial charge in [0.25, 0.3) is 0 Å². The predicted molar refractivity (Wildman–Crippen MR) is 37.9 cm³/mol. The first kappa shape index (κ1) is 9.50. The van der Waals surface area contributed by atoms with Crippen LogP contribution in [0.5, 0.6) is 0 Å². The second kappa shape index (κ2) is 3.04. The van der Waals surface area contributed by atoms with Crippen LogP contribution >= 0.6 is 0 Å². The van der Waals surface area contributed by atoms with E-state index in [1.165, 1.54) is 0 Å². The summed E-state index contributed by atoms with van der Waals surface area (Å²) in [5.41, 5.74) is -1.84. The molecule has 0 aromatic carbocycles. The van der Waals surface area contributed by atoms with Crippen molar-refractivity contribution in [2.24, 2.45) is 0 Å². The van der Waals surface area contributed by atoms with E-state index in [-0.39, 0.29) is 12.8 Å². The van der Waals surface area contributed by atoms with Crippen molar-refractivity contribution in [3.8, 4) is 0 Å². The summed E-state index contributed by atoms with van der Waals surface area (Å²) in [7, 11) is 0. The van der Waals surface area contributed by atoms with Gasteiger partial charge < -0.3 is 14.9 Å². The average Bonchev–Trinajstić information content (AvgIpc) is 2.31.